The highest BCUT2D eigenvalue weighted by Gasteiger charge is 2.22. The number of ether oxygens (including phenoxy) is 1. The molecule has 0 aromatic heterocycles. The Morgan fingerprint density at radius 1 is 1.06 bits per heavy atom. The van der Waals surface area contributed by atoms with Crippen molar-refractivity contribution in [2.75, 3.05) is 18.6 Å². The largest absolute Gasteiger partial charge is 0.480 e. The fourth-order valence-corrected chi connectivity index (χ4v) is 4.48. The molecule has 3 rings (SSSR count). The number of halogens is 1. The van der Waals surface area contributed by atoms with Crippen LogP contribution < -0.4 is 5.32 Å². The molecule has 0 saturated carbocycles. The Bertz CT molecular complexity index is 1170. The molecule has 5 nitrogen and oxygen atoms in total. The summed E-state index contributed by atoms with van der Waals surface area (Å²) in [6.45, 7) is 2.89. The molecule has 0 bridgehead atoms. The maximum atomic E-state index is 13.2. The zero-order chi connectivity index (χ0) is 25.2. The van der Waals surface area contributed by atoms with Gasteiger partial charge in [0, 0.05) is 10.6 Å². The molecule has 3 aromatic rings. The first-order chi connectivity index (χ1) is 16.9. The van der Waals surface area contributed by atoms with E-state index in [2.05, 4.69) is 5.32 Å². The van der Waals surface area contributed by atoms with E-state index in [0.29, 0.717) is 37.4 Å². The summed E-state index contributed by atoms with van der Waals surface area (Å²) >= 11 is 7.77. The van der Waals surface area contributed by atoms with Crippen LogP contribution in [0.4, 0.5) is 0 Å². The number of carboxylic acid groups (broad SMARTS) is 1. The smallest absolute Gasteiger partial charge is 0.326 e. The lowest BCUT2D eigenvalue weighted by Crippen LogP contribution is -2.41. The van der Waals surface area contributed by atoms with Crippen molar-refractivity contribution >= 4 is 35.2 Å². The highest BCUT2D eigenvalue weighted by Crippen LogP contribution is 2.29. The van der Waals surface area contributed by atoms with Crippen LogP contribution in [0.1, 0.15) is 33.5 Å². The predicted octanol–water partition coefficient (Wildman–Crippen LogP) is 6.01. The van der Waals surface area contributed by atoms with Gasteiger partial charge < -0.3 is 15.2 Å². The third kappa shape index (κ3) is 7.59. The van der Waals surface area contributed by atoms with Crippen LogP contribution in [0.15, 0.2) is 66.7 Å². The fourth-order valence-electron chi connectivity index (χ4n) is 3.78. The molecule has 1 atom stereocenters. The molecule has 1 amide bonds. The molecule has 0 radical (unpaired) electrons. The van der Waals surface area contributed by atoms with Crippen LogP contribution in [-0.4, -0.2) is 41.6 Å². The summed E-state index contributed by atoms with van der Waals surface area (Å²) in [5.74, 6) is -0.789. The highest BCUT2D eigenvalue weighted by molar-refractivity contribution is 7.98. The van der Waals surface area contributed by atoms with Gasteiger partial charge in [0.25, 0.3) is 5.91 Å². The van der Waals surface area contributed by atoms with Crippen LogP contribution in [0, 0.1) is 6.92 Å². The summed E-state index contributed by atoms with van der Waals surface area (Å²) < 4.78 is 5.90. The number of aryl methyl sites for hydroxylation is 1. The molecule has 0 aliphatic rings. The van der Waals surface area contributed by atoms with E-state index in [-0.39, 0.29) is 0 Å². The first kappa shape index (κ1) is 26.8. The summed E-state index contributed by atoms with van der Waals surface area (Å²) in [6, 6.07) is 20.1. The van der Waals surface area contributed by atoms with Crippen molar-refractivity contribution in [2.45, 2.75) is 32.4 Å². The third-order valence-corrected chi connectivity index (χ3v) is 6.73. The number of rotatable bonds is 12. The van der Waals surface area contributed by atoms with Crippen LogP contribution in [0.25, 0.3) is 11.1 Å². The molecule has 7 heteroatoms. The number of nitrogens with one attached hydrogen (secondary N) is 1. The van der Waals surface area contributed by atoms with Crippen molar-refractivity contribution < 1.29 is 19.4 Å². The van der Waals surface area contributed by atoms with E-state index in [1.54, 1.807) is 17.8 Å². The molecule has 3 aromatic carbocycles. The summed E-state index contributed by atoms with van der Waals surface area (Å²) in [6.07, 6.45) is 2.98. The minimum Gasteiger partial charge on any atom is -0.480 e. The number of aliphatic carboxylic acids is 1. The zero-order valence-corrected chi connectivity index (χ0v) is 21.5. The quantitative estimate of drug-likeness (QED) is 0.291. The summed E-state index contributed by atoms with van der Waals surface area (Å²) in [7, 11) is 0. The first-order valence-electron chi connectivity index (χ1n) is 11.4. The van der Waals surface area contributed by atoms with E-state index >= 15 is 0 Å². The lowest BCUT2D eigenvalue weighted by atomic mass is 9.93. The highest BCUT2D eigenvalue weighted by atomic mass is 35.5. The maximum Gasteiger partial charge on any atom is 0.326 e. The van der Waals surface area contributed by atoms with Crippen LogP contribution in [0.3, 0.4) is 0 Å². The number of hydrogen-bond acceptors (Lipinski definition) is 4. The zero-order valence-electron chi connectivity index (χ0n) is 19.9. The van der Waals surface area contributed by atoms with Crippen molar-refractivity contribution in [1.82, 2.24) is 5.32 Å². The van der Waals surface area contributed by atoms with Crippen molar-refractivity contribution in [3.05, 3.63) is 94.0 Å². The second-order valence-corrected chi connectivity index (χ2v) is 9.63. The van der Waals surface area contributed by atoms with Crippen LogP contribution in [0.2, 0.25) is 5.02 Å². The van der Waals surface area contributed by atoms with Gasteiger partial charge in [-0.15, -0.1) is 0 Å². The molecule has 0 heterocycles. The van der Waals surface area contributed by atoms with E-state index < -0.39 is 17.9 Å². The molecule has 0 aliphatic carbocycles. The summed E-state index contributed by atoms with van der Waals surface area (Å²) in [5, 5.41) is 13.0. The Hall–Kier alpha value is -2.80. The van der Waals surface area contributed by atoms with Gasteiger partial charge in [-0.05, 0) is 77.8 Å². The van der Waals surface area contributed by atoms with Gasteiger partial charge in [-0.1, -0.05) is 60.1 Å². The van der Waals surface area contributed by atoms with E-state index in [1.807, 2.05) is 73.8 Å². The van der Waals surface area contributed by atoms with Gasteiger partial charge >= 0.3 is 5.97 Å². The fraction of sp³-hybridized carbons (Fsp3) is 0.286. The molecule has 0 saturated heterocycles. The van der Waals surface area contributed by atoms with Crippen LogP contribution in [-0.2, 0) is 22.6 Å². The third-order valence-electron chi connectivity index (χ3n) is 5.72. The SMILES string of the molecule is CSCC[C@H](NC(=O)c1ccc(COCCc2ccccc2Cl)cc1-c1ccccc1C)C(=O)O. The molecule has 2 N–H and O–H groups in total. The number of carboxylic acids is 1. The van der Waals surface area contributed by atoms with Gasteiger partial charge in [0.1, 0.15) is 6.04 Å². The van der Waals surface area contributed by atoms with Gasteiger partial charge in [0.2, 0.25) is 0 Å². The Balaban J connectivity index is 1.79. The Labute approximate surface area is 215 Å². The Morgan fingerprint density at radius 3 is 2.51 bits per heavy atom. The normalized spacial score (nSPS) is 11.7. The summed E-state index contributed by atoms with van der Waals surface area (Å²) in [4.78, 5) is 24.8. The molecule has 0 fully saturated rings. The van der Waals surface area contributed by atoms with Gasteiger partial charge in [0.15, 0.2) is 0 Å². The molecular formula is C28H30ClNO4S. The van der Waals surface area contributed by atoms with Gasteiger partial charge in [-0.25, -0.2) is 4.79 Å². The van der Waals surface area contributed by atoms with E-state index in [9.17, 15) is 14.7 Å². The van der Waals surface area contributed by atoms with Crippen molar-refractivity contribution in [3.8, 4) is 11.1 Å². The number of amides is 1. The lowest BCUT2D eigenvalue weighted by Gasteiger charge is -2.18. The number of hydrogen-bond donors (Lipinski definition) is 2. The van der Waals surface area contributed by atoms with E-state index in [1.165, 1.54) is 0 Å². The first-order valence-corrected chi connectivity index (χ1v) is 13.2. The Morgan fingerprint density at radius 2 is 1.80 bits per heavy atom. The molecule has 0 unspecified atom stereocenters. The van der Waals surface area contributed by atoms with Crippen LogP contribution >= 0.6 is 23.4 Å². The predicted molar refractivity (Wildman–Crippen MR) is 143 cm³/mol. The Kier molecular flexibility index (Phi) is 10.2. The van der Waals surface area contributed by atoms with Gasteiger partial charge in [0.05, 0.1) is 13.2 Å². The number of thioether (sulfide) groups is 1. The van der Waals surface area contributed by atoms with Crippen molar-refractivity contribution in [3.63, 3.8) is 0 Å². The topological polar surface area (TPSA) is 75.6 Å². The average molecular weight is 512 g/mol. The maximum absolute atomic E-state index is 13.2. The number of carbonyl (C=O) groups is 2. The van der Waals surface area contributed by atoms with Crippen molar-refractivity contribution in [2.24, 2.45) is 0 Å². The minimum absolute atomic E-state index is 0.360. The number of carbonyl (C=O) groups excluding carboxylic acids is 1. The average Bonchev–Trinajstić information content (AvgIpc) is 2.85. The lowest BCUT2D eigenvalue weighted by molar-refractivity contribution is -0.139. The van der Waals surface area contributed by atoms with Gasteiger partial charge in [-0.2, -0.15) is 11.8 Å². The van der Waals surface area contributed by atoms with Crippen LogP contribution in [0.5, 0.6) is 0 Å². The molecule has 0 aliphatic heterocycles. The molecular weight excluding hydrogens is 482 g/mol. The van der Waals surface area contributed by atoms with Crippen molar-refractivity contribution in [1.29, 1.82) is 0 Å². The van der Waals surface area contributed by atoms with Gasteiger partial charge in [-0.3, -0.25) is 4.79 Å². The standard InChI is InChI=1S/C28H30ClNO4S/c1-19-7-3-5-9-22(19)24-17-20(18-34-15-13-21-8-4-6-10-25(21)29)11-12-23(24)27(31)30-26(28(32)33)14-16-35-2/h3-12,17,26H,13-16,18H2,1-2H3,(H,30,31)(H,32,33)/t26-/m0/s1. The van der Waals surface area contributed by atoms with E-state index in [4.69, 9.17) is 16.3 Å². The minimum atomic E-state index is -1.03. The summed E-state index contributed by atoms with van der Waals surface area (Å²) in [5.41, 5.74) is 5.10. The second-order valence-electron chi connectivity index (χ2n) is 8.23. The molecule has 35 heavy (non-hydrogen) atoms. The molecule has 184 valence electrons. The number of benzene rings is 3. The van der Waals surface area contributed by atoms with E-state index in [0.717, 1.165) is 32.8 Å². The monoisotopic (exact) mass is 511 g/mol. The molecule has 0 spiro atoms. The second kappa shape index (κ2) is 13.3.